The van der Waals surface area contributed by atoms with Gasteiger partial charge in [0, 0.05) is 11.4 Å². The van der Waals surface area contributed by atoms with Gasteiger partial charge >= 0.3 is 0 Å². The molecule has 2 aromatic rings. The van der Waals surface area contributed by atoms with E-state index in [1.165, 1.54) is 11.8 Å². The number of hydrogen-bond donors (Lipinski definition) is 1. The molecular weight excluding hydrogens is 342 g/mol. The number of carbonyl (C=O) groups is 3. The number of aromatic carboxylic acids is 2. The normalized spacial score (nSPS) is 11.6. The van der Waals surface area contributed by atoms with Crippen LogP contribution in [0.4, 0.5) is 5.69 Å². The molecule has 1 amide bonds. The minimum atomic E-state index is -1.54. The molecule has 0 saturated carbocycles. The summed E-state index contributed by atoms with van der Waals surface area (Å²) in [5.74, 6) is -2.80. The average Bonchev–Trinajstić information content (AvgIpc) is 2.60. The van der Waals surface area contributed by atoms with Crippen LogP contribution in [0.1, 0.15) is 33.2 Å². The van der Waals surface area contributed by atoms with Gasteiger partial charge < -0.3 is 25.1 Å². The van der Waals surface area contributed by atoms with Crippen molar-refractivity contribution in [2.45, 2.75) is 17.9 Å². The Kier molecular flexibility index (Phi) is 6.19. The fraction of sp³-hybridized carbons (Fsp3) is 0.167. The molecule has 0 fully saturated rings. The molecule has 6 nitrogen and oxygen atoms in total. The van der Waals surface area contributed by atoms with Gasteiger partial charge in [-0.25, -0.2) is 0 Å². The van der Waals surface area contributed by atoms with Crippen LogP contribution in [-0.4, -0.2) is 23.1 Å². The van der Waals surface area contributed by atoms with Crippen LogP contribution in [0.5, 0.6) is 0 Å². The van der Waals surface area contributed by atoms with Gasteiger partial charge in [0.25, 0.3) is 0 Å². The monoisotopic (exact) mass is 357 g/mol. The van der Waals surface area contributed by atoms with Gasteiger partial charge in [-0.15, -0.1) is 11.8 Å². The molecule has 130 valence electrons. The van der Waals surface area contributed by atoms with Crippen molar-refractivity contribution in [3.8, 4) is 0 Å². The third-order valence-corrected chi connectivity index (χ3v) is 4.60. The molecule has 0 aliphatic heterocycles. The van der Waals surface area contributed by atoms with Crippen molar-refractivity contribution in [2.75, 3.05) is 5.32 Å². The number of benzene rings is 2. The summed E-state index contributed by atoms with van der Waals surface area (Å²) < 4.78 is 0. The lowest BCUT2D eigenvalue weighted by Gasteiger charge is -2.15. The highest BCUT2D eigenvalue weighted by molar-refractivity contribution is 7.99. The second-order valence-corrected chi connectivity index (χ2v) is 6.63. The first-order valence-electron chi connectivity index (χ1n) is 7.41. The molecule has 0 spiro atoms. The van der Waals surface area contributed by atoms with Crippen molar-refractivity contribution in [1.29, 1.82) is 0 Å². The number of carbonyl (C=O) groups excluding carboxylic acids is 3. The molecule has 0 unspecified atom stereocenters. The van der Waals surface area contributed by atoms with Gasteiger partial charge in [-0.1, -0.05) is 30.3 Å². The number of carboxylic acid groups (broad SMARTS) is 2. The summed E-state index contributed by atoms with van der Waals surface area (Å²) in [6, 6.07) is 12.8. The summed E-state index contributed by atoms with van der Waals surface area (Å²) in [7, 11) is 0. The van der Waals surface area contributed by atoms with Crippen LogP contribution in [0.25, 0.3) is 0 Å². The molecule has 0 saturated heterocycles. The minimum absolute atomic E-state index is 0.0676. The Hall–Kier alpha value is -2.80. The Morgan fingerprint density at radius 2 is 1.56 bits per heavy atom. The van der Waals surface area contributed by atoms with Crippen LogP contribution in [0.15, 0.2) is 48.5 Å². The fourth-order valence-corrected chi connectivity index (χ4v) is 2.90. The predicted molar refractivity (Wildman–Crippen MR) is 90.9 cm³/mol. The first-order valence-corrected chi connectivity index (χ1v) is 8.46. The van der Waals surface area contributed by atoms with Gasteiger partial charge in [0.05, 0.1) is 17.2 Å². The number of nitrogens with one attached hydrogen (secondary N) is 1. The quantitative estimate of drug-likeness (QED) is 0.780. The summed E-state index contributed by atoms with van der Waals surface area (Å²) in [6.07, 6.45) is 0. The Labute approximate surface area is 148 Å². The Morgan fingerprint density at radius 3 is 2.08 bits per heavy atom. The molecule has 1 atom stereocenters. The zero-order chi connectivity index (χ0) is 18.4. The molecule has 0 aliphatic rings. The van der Waals surface area contributed by atoms with Gasteiger partial charge in [-0.2, -0.15) is 0 Å². The van der Waals surface area contributed by atoms with E-state index >= 15 is 0 Å². The van der Waals surface area contributed by atoms with E-state index in [2.05, 4.69) is 5.32 Å². The van der Waals surface area contributed by atoms with Crippen LogP contribution in [0, 0.1) is 0 Å². The number of hydrogen-bond acceptors (Lipinski definition) is 6. The van der Waals surface area contributed by atoms with E-state index in [1.54, 1.807) is 6.92 Å². The van der Waals surface area contributed by atoms with Crippen LogP contribution < -0.4 is 15.5 Å². The number of anilines is 1. The molecule has 0 radical (unpaired) electrons. The van der Waals surface area contributed by atoms with E-state index in [0.717, 1.165) is 23.8 Å². The van der Waals surface area contributed by atoms with Crippen LogP contribution in [-0.2, 0) is 10.5 Å². The summed E-state index contributed by atoms with van der Waals surface area (Å²) in [6.45, 7) is 1.71. The third-order valence-electron chi connectivity index (χ3n) is 3.38. The van der Waals surface area contributed by atoms with E-state index in [9.17, 15) is 24.6 Å². The van der Waals surface area contributed by atoms with Crippen LogP contribution in [0.2, 0.25) is 0 Å². The predicted octanol–water partition coefficient (Wildman–Crippen LogP) is 0.674. The number of carboxylic acids is 2. The highest BCUT2D eigenvalue weighted by Crippen LogP contribution is 2.20. The van der Waals surface area contributed by atoms with Crippen LogP contribution in [0.3, 0.4) is 0 Å². The lowest BCUT2D eigenvalue weighted by Crippen LogP contribution is -2.27. The van der Waals surface area contributed by atoms with Gasteiger partial charge in [0.15, 0.2) is 0 Å². The van der Waals surface area contributed by atoms with E-state index in [-0.39, 0.29) is 22.7 Å². The van der Waals surface area contributed by atoms with Gasteiger partial charge in [0.1, 0.15) is 0 Å². The zero-order valence-electron chi connectivity index (χ0n) is 13.4. The smallest absolute Gasteiger partial charge is 0.237 e. The third kappa shape index (κ3) is 5.36. The topological polar surface area (TPSA) is 109 Å². The molecule has 1 N–H and O–H groups in total. The summed E-state index contributed by atoms with van der Waals surface area (Å²) in [5.41, 5.74) is 0.451. The lowest BCUT2D eigenvalue weighted by molar-refractivity contribution is -0.255. The molecule has 25 heavy (non-hydrogen) atoms. The molecular formula is C18H15NO5S-2. The highest BCUT2D eigenvalue weighted by Gasteiger charge is 2.14. The Morgan fingerprint density at radius 1 is 1.00 bits per heavy atom. The minimum Gasteiger partial charge on any atom is -0.545 e. The van der Waals surface area contributed by atoms with Crippen molar-refractivity contribution in [1.82, 2.24) is 0 Å². The molecule has 2 aromatic carbocycles. The lowest BCUT2D eigenvalue weighted by atomic mass is 10.1. The van der Waals surface area contributed by atoms with Crippen molar-refractivity contribution < 1.29 is 24.6 Å². The van der Waals surface area contributed by atoms with Crippen molar-refractivity contribution in [3.05, 3.63) is 65.2 Å². The first kappa shape index (κ1) is 18.5. The van der Waals surface area contributed by atoms with E-state index in [4.69, 9.17) is 0 Å². The average molecular weight is 357 g/mol. The van der Waals surface area contributed by atoms with Gasteiger partial charge in [-0.05, 0) is 41.8 Å². The molecule has 7 heteroatoms. The fourth-order valence-electron chi connectivity index (χ4n) is 2.05. The van der Waals surface area contributed by atoms with E-state index < -0.39 is 17.2 Å². The van der Waals surface area contributed by atoms with E-state index in [1.807, 2.05) is 30.3 Å². The summed E-state index contributed by atoms with van der Waals surface area (Å²) in [5, 5.41) is 24.0. The van der Waals surface area contributed by atoms with Gasteiger partial charge in [0.2, 0.25) is 5.91 Å². The summed E-state index contributed by atoms with van der Waals surface area (Å²) >= 11 is 1.41. The molecule has 2 rings (SSSR count). The summed E-state index contributed by atoms with van der Waals surface area (Å²) in [4.78, 5) is 34.2. The number of rotatable bonds is 7. The molecule has 0 bridgehead atoms. The maximum Gasteiger partial charge on any atom is 0.237 e. The first-order chi connectivity index (χ1) is 11.9. The number of amides is 1. The standard InChI is InChI=1S/C18H17NO5S/c1-11(25-10-12-5-3-2-4-6-12)16(20)19-15-8-13(17(21)22)7-14(9-15)18(23)24/h2-9,11H,10H2,1H3,(H,19,20)(H,21,22)(H,23,24)/p-2/t11-/m0/s1. The van der Waals surface area contributed by atoms with Crippen molar-refractivity contribution >= 4 is 35.3 Å². The van der Waals surface area contributed by atoms with Gasteiger partial charge in [-0.3, -0.25) is 4.79 Å². The Balaban J connectivity index is 2.06. The SMILES string of the molecule is C[C@H](SCc1ccccc1)C(=O)Nc1cc(C(=O)[O-])cc(C(=O)[O-])c1. The van der Waals surface area contributed by atoms with Crippen molar-refractivity contribution in [2.24, 2.45) is 0 Å². The van der Waals surface area contributed by atoms with E-state index in [0.29, 0.717) is 5.75 Å². The number of thioether (sulfide) groups is 1. The maximum atomic E-state index is 12.2. The van der Waals surface area contributed by atoms with Crippen molar-refractivity contribution in [3.63, 3.8) is 0 Å². The maximum absolute atomic E-state index is 12.2. The molecule has 0 aromatic heterocycles. The Bertz CT molecular complexity index is 759. The second kappa shape index (κ2) is 8.34. The molecule has 0 heterocycles. The molecule has 0 aliphatic carbocycles. The largest absolute Gasteiger partial charge is 0.545 e. The second-order valence-electron chi connectivity index (χ2n) is 5.30. The van der Waals surface area contributed by atoms with Crippen LogP contribution >= 0.6 is 11.8 Å². The zero-order valence-corrected chi connectivity index (χ0v) is 14.2. The highest BCUT2D eigenvalue weighted by atomic mass is 32.2.